The first-order chi connectivity index (χ1) is 8.88. The van der Waals surface area contributed by atoms with Crippen LogP contribution in [0.1, 0.15) is 17.7 Å². The first kappa shape index (κ1) is 12.9. The Labute approximate surface area is 113 Å². The molecule has 0 bridgehead atoms. The van der Waals surface area contributed by atoms with Crippen molar-refractivity contribution in [2.24, 2.45) is 0 Å². The van der Waals surface area contributed by atoms with Gasteiger partial charge in [-0.3, -0.25) is 4.98 Å². The summed E-state index contributed by atoms with van der Waals surface area (Å²) in [6, 6.07) is 14.2. The summed E-state index contributed by atoms with van der Waals surface area (Å²) in [5.74, 6) is 1.24. The van der Waals surface area contributed by atoms with Crippen LogP contribution in [0.15, 0.2) is 48.7 Å². The van der Waals surface area contributed by atoms with Gasteiger partial charge in [0.2, 0.25) is 0 Å². The van der Waals surface area contributed by atoms with Crippen LogP contribution in [0.5, 0.6) is 5.75 Å². The largest absolute Gasteiger partial charge is 0.492 e. The normalized spacial score (nSPS) is 10.3. The Kier molecular flexibility index (Phi) is 5.03. The van der Waals surface area contributed by atoms with Crippen molar-refractivity contribution in [1.29, 1.82) is 0 Å². The molecule has 1 aromatic carbocycles. The van der Waals surface area contributed by atoms with Gasteiger partial charge in [-0.05, 0) is 30.5 Å². The van der Waals surface area contributed by atoms with E-state index in [0.717, 1.165) is 24.3 Å². The van der Waals surface area contributed by atoms with Gasteiger partial charge in [0.15, 0.2) is 0 Å². The first-order valence-corrected chi connectivity index (χ1v) is 6.59. The average molecular weight is 262 g/mol. The van der Waals surface area contributed by atoms with Crippen molar-refractivity contribution in [3.63, 3.8) is 0 Å². The standard InChI is InChI=1S/C15H16ClNO/c16-11-14-8-9-15(12-17-14)18-10-4-7-13-5-2-1-3-6-13/h1-3,5-6,8-9,12H,4,7,10-11H2. The molecule has 2 rings (SSSR count). The highest BCUT2D eigenvalue weighted by Crippen LogP contribution is 2.11. The fourth-order valence-electron chi connectivity index (χ4n) is 1.69. The van der Waals surface area contributed by atoms with Gasteiger partial charge >= 0.3 is 0 Å². The van der Waals surface area contributed by atoms with E-state index in [2.05, 4.69) is 29.2 Å². The van der Waals surface area contributed by atoms with Gasteiger partial charge in [0.1, 0.15) is 5.75 Å². The van der Waals surface area contributed by atoms with Crippen molar-refractivity contribution in [3.05, 3.63) is 59.9 Å². The minimum Gasteiger partial charge on any atom is -0.492 e. The number of benzene rings is 1. The Bertz CT molecular complexity index is 456. The summed E-state index contributed by atoms with van der Waals surface area (Å²) in [5.41, 5.74) is 2.21. The Balaban J connectivity index is 1.72. The maximum Gasteiger partial charge on any atom is 0.137 e. The first-order valence-electron chi connectivity index (χ1n) is 6.06. The summed E-state index contributed by atoms with van der Waals surface area (Å²) in [5, 5.41) is 0. The van der Waals surface area contributed by atoms with E-state index in [1.54, 1.807) is 6.20 Å². The quantitative estimate of drug-likeness (QED) is 0.582. The molecule has 0 aliphatic heterocycles. The third kappa shape index (κ3) is 4.04. The minimum atomic E-state index is 0.439. The Morgan fingerprint density at radius 1 is 1.06 bits per heavy atom. The van der Waals surface area contributed by atoms with Gasteiger partial charge in [0, 0.05) is 0 Å². The van der Waals surface area contributed by atoms with Crippen LogP contribution in [0.3, 0.4) is 0 Å². The lowest BCUT2D eigenvalue weighted by Gasteiger charge is -2.06. The van der Waals surface area contributed by atoms with Crippen LogP contribution in [-0.2, 0) is 12.3 Å². The van der Waals surface area contributed by atoms with Gasteiger partial charge < -0.3 is 4.74 Å². The Morgan fingerprint density at radius 2 is 1.89 bits per heavy atom. The van der Waals surface area contributed by atoms with Gasteiger partial charge in [-0.2, -0.15) is 0 Å². The smallest absolute Gasteiger partial charge is 0.137 e. The second-order valence-electron chi connectivity index (χ2n) is 4.06. The molecule has 2 nitrogen and oxygen atoms in total. The fraction of sp³-hybridized carbons (Fsp3) is 0.267. The Morgan fingerprint density at radius 3 is 2.56 bits per heavy atom. The molecule has 0 aliphatic carbocycles. The molecule has 0 radical (unpaired) electrons. The number of hydrogen-bond acceptors (Lipinski definition) is 2. The number of rotatable bonds is 6. The monoisotopic (exact) mass is 261 g/mol. The summed E-state index contributed by atoms with van der Waals surface area (Å²) in [6.07, 6.45) is 3.76. The van der Waals surface area contributed by atoms with Crippen molar-refractivity contribution in [3.8, 4) is 5.75 Å². The Hall–Kier alpha value is -1.54. The van der Waals surface area contributed by atoms with Crippen LogP contribution in [0.25, 0.3) is 0 Å². The number of halogens is 1. The van der Waals surface area contributed by atoms with E-state index in [0.29, 0.717) is 12.5 Å². The molecule has 0 unspecified atom stereocenters. The number of nitrogens with zero attached hydrogens (tertiary/aromatic N) is 1. The predicted molar refractivity (Wildman–Crippen MR) is 74.1 cm³/mol. The van der Waals surface area contributed by atoms with E-state index in [1.807, 2.05) is 18.2 Å². The number of aromatic nitrogens is 1. The zero-order chi connectivity index (χ0) is 12.6. The van der Waals surface area contributed by atoms with Crippen LogP contribution >= 0.6 is 11.6 Å². The summed E-state index contributed by atoms with van der Waals surface area (Å²) in [6.45, 7) is 0.705. The third-order valence-corrected chi connectivity index (χ3v) is 2.93. The molecule has 2 aromatic rings. The van der Waals surface area contributed by atoms with Crippen molar-refractivity contribution in [2.75, 3.05) is 6.61 Å². The maximum absolute atomic E-state index is 5.67. The molecule has 3 heteroatoms. The van der Waals surface area contributed by atoms with Crippen molar-refractivity contribution >= 4 is 11.6 Å². The van der Waals surface area contributed by atoms with E-state index in [9.17, 15) is 0 Å². The van der Waals surface area contributed by atoms with Crippen LogP contribution in [0.4, 0.5) is 0 Å². The van der Waals surface area contributed by atoms with Gasteiger partial charge in [0.05, 0.1) is 24.4 Å². The van der Waals surface area contributed by atoms with Crippen LogP contribution in [0, 0.1) is 0 Å². The van der Waals surface area contributed by atoms with E-state index < -0.39 is 0 Å². The van der Waals surface area contributed by atoms with Crippen LogP contribution in [0.2, 0.25) is 0 Å². The van der Waals surface area contributed by atoms with E-state index in [4.69, 9.17) is 16.3 Å². The van der Waals surface area contributed by atoms with Gasteiger partial charge in [0.25, 0.3) is 0 Å². The second kappa shape index (κ2) is 7.02. The summed E-state index contributed by atoms with van der Waals surface area (Å²) >= 11 is 5.67. The summed E-state index contributed by atoms with van der Waals surface area (Å²) < 4.78 is 5.62. The molecule has 1 heterocycles. The second-order valence-corrected chi connectivity index (χ2v) is 4.32. The molecule has 0 amide bonds. The number of alkyl halides is 1. The van der Waals surface area contributed by atoms with Gasteiger partial charge in [-0.15, -0.1) is 11.6 Å². The van der Waals surface area contributed by atoms with E-state index in [-0.39, 0.29) is 0 Å². The molecule has 94 valence electrons. The number of pyridine rings is 1. The molecular weight excluding hydrogens is 246 g/mol. The lowest BCUT2D eigenvalue weighted by atomic mass is 10.1. The predicted octanol–water partition coefficient (Wildman–Crippen LogP) is 3.83. The molecule has 0 fully saturated rings. The molecule has 0 atom stereocenters. The highest BCUT2D eigenvalue weighted by molar-refractivity contribution is 6.16. The average Bonchev–Trinajstić information content (AvgIpc) is 2.45. The molecule has 0 spiro atoms. The third-order valence-electron chi connectivity index (χ3n) is 2.66. The number of hydrogen-bond donors (Lipinski definition) is 0. The SMILES string of the molecule is ClCc1ccc(OCCCc2ccccc2)cn1. The molecule has 1 aromatic heterocycles. The van der Waals surface area contributed by atoms with E-state index >= 15 is 0 Å². The lowest BCUT2D eigenvalue weighted by Crippen LogP contribution is -2.00. The highest BCUT2D eigenvalue weighted by atomic mass is 35.5. The summed E-state index contributed by atoms with van der Waals surface area (Å²) in [7, 11) is 0. The molecule has 18 heavy (non-hydrogen) atoms. The van der Waals surface area contributed by atoms with Crippen molar-refractivity contribution in [2.45, 2.75) is 18.7 Å². The molecule has 0 aliphatic rings. The fourth-order valence-corrected chi connectivity index (χ4v) is 1.84. The maximum atomic E-state index is 5.67. The van der Waals surface area contributed by atoms with Crippen LogP contribution < -0.4 is 4.74 Å². The summed E-state index contributed by atoms with van der Waals surface area (Å²) in [4.78, 5) is 4.18. The molecule has 0 saturated heterocycles. The number of ether oxygens (including phenoxy) is 1. The van der Waals surface area contributed by atoms with Crippen LogP contribution in [-0.4, -0.2) is 11.6 Å². The van der Waals surface area contributed by atoms with Crippen molar-refractivity contribution in [1.82, 2.24) is 4.98 Å². The minimum absolute atomic E-state index is 0.439. The molecular formula is C15H16ClNO. The lowest BCUT2D eigenvalue weighted by molar-refractivity contribution is 0.309. The zero-order valence-corrected chi connectivity index (χ0v) is 10.9. The topological polar surface area (TPSA) is 22.1 Å². The zero-order valence-electron chi connectivity index (χ0n) is 10.2. The molecule has 0 N–H and O–H groups in total. The van der Waals surface area contributed by atoms with Gasteiger partial charge in [-0.25, -0.2) is 0 Å². The number of aryl methyl sites for hydroxylation is 1. The van der Waals surface area contributed by atoms with Gasteiger partial charge in [-0.1, -0.05) is 30.3 Å². The van der Waals surface area contributed by atoms with Crippen molar-refractivity contribution < 1.29 is 4.74 Å². The highest BCUT2D eigenvalue weighted by Gasteiger charge is 1.97. The molecule has 0 saturated carbocycles. The van der Waals surface area contributed by atoms with E-state index in [1.165, 1.54) is 5.56 Å².